The van der Waals surface area contributed by atoms with Gasteiger partial charge < -0.3 is 4.42 Å². The number of hydrogen-bond acceptors (Lipinski definition) is 4. The second-order valence-electron chi connectivity index (χ2n) is 5.26. The molecule has 2 aromatic rings. The van der Waals surface area contributed by atoms with Crippen molar-refractivity contribution >= 4 is 16.9 Å². The van der Waals surface area contributed by atoms with Gasteiger partial charge in [0.25, 0.3) is 5.91 Å². The summed E-state index contributed by atoms with van der Waals surface area (Å²) in [4.78, 5) is 14.3. The van der Waals surface area contributed by atoms with Crippen molar-refractivity contribution in [1.82, 2.24) is 10.3 Å². The van der Waals surface area contributed by atoms with Gasteiger partial charge in [-0.3, -0.25) is 15.1 Å². The Morgan fingerprint density at radius 2 is 2.00 bits per heavy atom. The largest absolute Gasteiger partial charge is 0.459 e. The van der Waals surface area contributed by atoms with Gasteiger partial charge in [-0.2, -0.15) is 0 Å². The van der Waals surface area contributed by atoms with Crippen LogP contribution >= 0.6 is 0 Å². The molecular formula is C16H23N3O2. The normalized spacial score (nSPS) is 11.5. The van der Waals surface area contributed by atoms with Gasteiger partial charge in [-0.25, -0.2) is 5.84 Å². The molecule has 0 aliphatic rings. The van der Waals surface area contributed by atoms with E-state index in [4.69, 9.17) is 10.3 Å². The van der Waals surface area contributed by atoms with Gasteiger partial charge in [0.15, 0.2) is 0 Å². The fourth-order valence-electron chi connectivity index (χ4n) is 2.80. The van der Waals surface area contributed by atoms with Crippen LogP contribution in [0, 0.1) is 0 Å². The zero-order chi connectivity index (χ0) is 15.4. The Kier molecular flexibility index (Phi) is 4.98. The number of hydrazine groups is 1. The lowest BCUT2D eigenvalue weighted by Gasteiger charge is -2.25. The van der Waals surface area contributed by atoms with Crippen molar-refractivity contribution in [3.05, 3.63) is 35.6 Å². The van der Waals surface area contributed by atoms with Crippen molar-refractivity contribution in [2.24, 2.45) is 5.84 Å². The van der Waals surface area contributed by atoms with Crippen molar-refractivity contribution in [3.8, 4) is 0 Å². The Bertz CT molecular complexity index is 617. The molecule has 0 aliphatic carbocycles. The highest BCUT2D eigenvalue weighted by Gasteiger charge is 2.22. The van der Waals surface area contributed by atoms with Gasteiger partial charge >= 0.3 is 0 Å². The van der Waals surface area contributed by atoms with E-state index in [1.807, 2.05) is 24.3 Å². The first kappa shape index (κ1) is 15.5. The highest BCUT2D eigenvalue weighted by Crippen LogP contribution is 2.27. The fourth-order valence-corrected chi connectivity index (χ4v) is 2.80. The number of rotatable bonds is 6. The summed E-state index contributed by atoms with van der Waals surface area (Å²) in [6.07, 6.45) is 2.12. The van der Waals surface area contributed by atoms with E-state index in [1.54, 1.807) is 0 Å². The highest BCUT2D eigenvalue weighted by molar-refractivity contribution is 6.07. The van der Waals surface area contributed by atoms with Gasteiger partial charge in [0.1, 0.15) is 11.3 Å². The molecule has 5 nitrogen and oxygen atoms in total. The smallest absolute Gasteiger partial charge is 0.269 e. The van der Waals surface area contributed by atoms with Crippen LogP contribution < -0.4 is 11.3 Å². The molecule has 3 N–H and O–H groups in total. The van der Waals surface area contributed by atoms with Gasteiger partial charge in [-0.05, 0) is 26.0 Å². The number of carbonyl (C=O) groups is 1. The summed E-state index contributed by atoms with van der Waals surface area (Å²) in [7, 11) is 2.05. The van der Waals surface area contributed by atoms with Crippen molar-refractivity contribution in [2.45, 2.75) is 39.3 Å². The van der Waals surface area contributed by atoms with Crippen molar-refractivity contribution in [3.63, 3.8) is 0 Å². The number of nitrogen functional groups attached to an aromatic ring is 1. The zero-order valence-corrected chi connectivity index (χ0v) is 12.8. The number of fused-ring (bicyclic) bond motifs is 1. The standard InChI is InChI=1S/C16H23N3O2/c1-4-11(5-2)19(3)10-14-15(16(20)18-17)12-8-6-7-9-13(12)21-14/h6-9,11H,4-5,10,17H2,1-3H3,(H,18,20). The first-order valence-electron chi connectivity index (χ1n) is 7.33. The maximum atomic E-state index is 12.1. The van der Waals surface area contributed by atoms with Gasteiger partial charge in [0.05, 0.1) is 12.1 Å². The molecule has 2 rings (SSSR count). The van der Waals surface area contributed by atoms with Crippen LogP contribution in [-0.4, -0.2) is 23.9 Å². The molecule has 1 heterocycles. The minimum atomic E-state index is -0.312. The predicted molar refractivity (Wildman–Crippen MR) is 83.7 cm³/mol. The summed E-state index contributed by atoms with van der Waals surface area (Å²) in [5.74, 6) is 5.66. The first-order valence-corrected chi connectivity index (χ1v) is 7.33. The summed E-state index contributed by atoms with van der Waals surface area (Å²) < 4.78 is 5.87. The minimum absolute atomic E-state index is 0.312. The van der Waals surface area contributed by atoms with E-state index in [0.717, 1.165) is 18.2 Å². The first-order chi connectivity index (χ1) is 10.1. The average Bonchev–Trinajstić information content (AvgIpc) is 2.85. The topological polar surface area (TPSA) is 71.5 Å². The molecule has 0 radical (unpaired) electrons. The zero-order valence-electron chi connectivity index (χ0n) is 12.8. The molecular weight excluding hydrogens is 266 g/mol. The number of nitrogens with one attached hydrogen (secondary N) is 1. The predicted octanol–water partition coefficient (Wildman–Crippen LogP) is 2.66. The number of amides is 1. The van der Waals surface area contributed by atoms with Crippen molar-refractivity contribution in [1.29, 1.82) is 0 Å². The molecule has 21 heavy (non-hydrogen) atoms. The molecule has 0 spiro atoms. The number of hydrogen-bond donors (Lipinski definition) is 2. The third-order valence-electron chi connectivity index (χ3n) is 3.99. The molecule has 0 fully saturated rings. The lowest BCUT2D eigenvalue weighted by atomic mass is 10.1. The second-order valence-corrected chi connectivity index (χ2v) is 5.26. The van der Waals surface area contributed by atoms with E-state index >= 15 is 0 Å². The van der Waals surface area contributed by atoms with E-state index in [0.29, 0.717) is 29.5 Å². The van der Waals surface area contributed by atoms with Gasteiger partial charge in [-0.1, -0.05) is 32.0 Å². The number of furan rings is 1. The molecule has 1 aromatic heterocycles. The van der Waals surface area contributed by atoms with Gasteiger partial charge in [-0.15, -0.1) is 0 Å². The number of para-hydroxylation sites is 1. The molecule has 1 aromatic carbocycles. The Hall–Kier alpha value is -1.85. The highest BCUT2D eigenvalue weighted by atomic mass is 16.3. The van der Waals surface area contributed by atoms with E-state index in [1.165, 1.54) is 0 Å². The van der Waals surface area contributed by atoms with Crippen LogP contribution in [0.2, 0.25) is 0 Å². The summed E-state index contributed by atoms with van der Waals surface area (Å²) in [6.45, 7) is 4.91. The van der Waals surface area contributed by atoms with Crippen LogP contribution in [0.4, 0.5) is 0 Å². The van der Waals surface area contributed by atoms with Crippen LogP contribution in [-0.2, 0) is 6.54 Å². The second kappa shape index (κ2) is 6.74. The van der Waals surface area contributed by atoms with E-state index in [-0.39, 0.29) is 5.91 Å². The number of benzene rings is 1. The van der Waals surface area contributed by atoms with Gasteiger partial charge in [0, 0.05) is 11.4 Å². The Labute approximate surface area is 125 Å². The summed E-state index contributed by atoms with van der Waals surface area (Å²) in [6, 6.07) is 7.99. The number of nitrogens with zero attached hydrogens (tertiary/aromatic N) is 1. The fraction of sp³-hybridized carbons (Fsp3) is 0.438. The van der Waals surface area contributed by atoms with Crippen LogP contribution in [0.5, 0.6) is 0 Å². The van der Waals surface area contributed by atoms with Crippen LogP contribution in [0.3, 0.4) is 0 Å². The van der Waals surface area contributed by atoms with Gasteiger partial charge in [0.2, 0.25) is 0 Å². The van der Waals surface area contributed by atoms with Crippen LogP contribution in [0.1, 0.15) is 42.8 Å². The molecule has 0 saturated carbocycles. The molecule has 0 bridgehead atoms. The van der Waals surface area contributed by atoms with E-state index in [2.05, 4.69) is 31.2 Å². The summed E-state index contributed by atoms with van der Waals surface area (Å²) in [5, 5.41) is 0.799. The molecule has 0 unspecified atom stereocenters. The molecule has 0 saturated heterocycles. The Morgan fingerprint density at radius 1 is 1.33 bits per heavy atom. The molecule has 0 aliphatic heterocycles. The lowest BCUT2D eigenvalue weighted by Crippen LogP contribution is -2.33. The summed E-state index contributed by atoms with van der Waals surface area (Å²) >= 11 is 0. The van der Waals surface area contributed by atoms with E-state index < -0.39 is 0 Å². The SMILES string of the molecule is CCC(CC)N(C)Cc1oc2ccccc2c1C(=O)NN. The van der Waals surface area contributed by atoms with Crippen molar-refractivity contribution in [2.75, 3.05) is 7.05 Å². The molecule has 5 heteroatoms. The number of nitrogens with two attached hydrogens (primary N) is 1. The van der Waals surface area contributed by atoms with Crippen molar-refractivity contribution < 1.29 is 9.21 Å². The summed E-state index contributed by atoms with van der Waals surface area (Å²) in [5.41, 5.74) is 3.46. The molecule has 114 valence electrons. The maximum Gasteiger partial charge on any atom is 0.269 e. The monoisotopic (exact) mass is 289 g/mol. The maximum absolute atomic E-state index is 12.1. The Morgan fingerprint density at radius 3 is 2.62 bits per heavy atom. The van der Waals surface area contributed by atoms with E-state index in [9.17, 15) is 4.79 Å². The third-order valence-corrected chi connectivity index (χ3v) is 3.99. The molecule has 1 amide bonds. The Balaban J connectivity index is 2.41. The molecule has 0 atom stereocenters. The minimum Gasteiger partial charge on any atom is -0.459 e. The average molecular weight is 289 g/mol. The van der Waals surface area contributed by atoms with Crippen LogP contribution in [0.15, 0.2) is 28.7 Å². The number of carbonyl (C=O) groups excluding carboxylic acids is 1. The lowest BCUT2D eigenvalue weighted by molar-refractivity contribution is 0.0950. The third kappa shape index (κ3) is 3.09. The quantitative estimate of drug-likeness (QED) is 0.487. The van der Waals surface area contributed by atoms with Crippen LogP contribution in [0.25, 0.3) is 11.0 Å².